The van der Waals surface area contributed by atoms with Crippen molar-refractivity contribution in [1.29, 1.82) is 0 Å². The van der Waals surface area contributed by atoms with Gasteiger partial charge in [-0.3, -0.25) is 14.9 Å². The molecule has 0 spiro atoms. The highest BCUT2D eigenvalue weighted by molar-refractivity contribution is 5.93. The summed E-state index contributed by atoms with van der Waals surface area (Å²) in [4.78, 5) is 20.2. The molecule has 2 fully saturated rings. The summed E-state index contributed by atoms with van der Waals surface area (Å²) in [5.74, 6) is 0.377. The van der Waals surface area contributed by atoms with Crippen LogP contribution in [0.4, 0.5) is 5.82 Å². The second-order valence-corrected chi connectivity index (χ2v) is 4.98. The molecule has 6 nitrogen and oxygen atoms in total. The van der Waals surface area contributed by atoms with Crippen molar-refractivity contribution in [2.24, 2.45) is 0 Å². The minimum Gasteiger partial charge on any atom is -0.351 e. The van der Waals surface area contributed by atoms with E-state index in [0.29, 0.717) is 17.6 Å². The van der Waals surface area contributed by atoms with Gasteiger partial charge >= 0.3 is 0 Å². The zero-order valence-electron chi connectivity index (χ0n) is 10.2. The van der Waals surface area contributed by atoms with E-state index in [1.54, 1.807) is 11.5 Å². The molecule has 96 valence electrons. The summed E-state index contributed by atoms with van der Waals surface area (Å²) in [6.07, 6.45) is 2.69. The number of nitrogens with zero attached hydrogens (tertiary/aromatic N) is 3. The lowest BCUT2D eigenvalue weighted by Crippen LogP contribution is -2.44. The normalized spacial score (nSPS) is 26.7. The largest absolute Gasteiger partial charge is 0.351 e. The fourth-order valence-corrected chi connectivity index (χ4v) is 2.90. The topological polar surface area (TPSA) is 68.7 Å². The Morgan fingerprint density at radius 3 is 2.78 bits per heavy atom. The van der Waals surface area contributed by atoms with Crippen molar-refractivity contribution >= 4 is 11.7 Å². The van der Waals surface area contributed by atoms with E-state index in [4.69, 9.17) is 5.21 Å². The van der Waals surface area contributed by atoms with Gasteiger partial charge in [0.15, 0.2) is 0 Å². The van der Waals surface area contributed by atoms with Crippen molar-refractivity contribution in [1.82, 2.24) is 15.4 Å². The molecule has 0 radical (unpaired) electrons. The summed E-state index contributed by atoms with van der Waals surface area (Å²) >= 11 is 0. The molecular weight excluding hydrogens is 232 g/mol. The van der Waals surface area contributed by atoms with Gasteiger partial charge in [0.2, 0.25) is 0 Å². The third kappa shape index (κ3) is 1.74. The molecule has 3 rings (SSSR count). The maximum atomic E-state index is 11.2. The molecule has 2 unspecified atom stereocenters. The van der Waals surface area contributed by atoms with Gasteiger partial charge in [-0.2, -0.15) is 0 Å². The van der Waals surface area contributed by atoms with Crippen molar-refractivity contribution in [2.45, 2.75) is 18.5 Å². The number of amides is 1. The number of likely N-dealkylation sites (tertiary alicyclic amines) is 1. The second-order valence-electron chi connectivity index (χ2n) is 4.98. The lowest BCUT2D eigenvalue weighted by molar-refractivity contribution is 0.0706. The third-order valence-corrected chi connectivity index (χ3v) is 3.92. The minimum atomic E-state index is -0.531. The molecule has 1 aromatic heterocycles. The van der Waals surface area contributed by atoms with Crippen molar-refractivity contribution in [3.8, 4) is 0 Å². The fraction of sp³-hybridized carbons (Fsp3) is 0.500. The van der Waals surface area contributed by atoms with Gasteiger partial charge < -0.3 is 4.90 Å². The van der Waals surface area contributed by atoms with E-state index in [1.165, 1.54) is 12.6 Å². The van der Waals surface area contributed by atoms with E-state index in [9.17, 15) is 4.79 Å². The van der Waals surface area contributed by atoms with Crippen LogP contribution in [-0.4, -0.2) is 53.2 Å². The molecule has 0 aromatic carbocycles. The first-order chi connectivity index (χ1) is 8.69. The van der Waals surface area contributed by atoms with Gasteiger partial charge in [-0.1, -0.05) is 0 Å². The maximum absolute atomic E-state index is 11.2. The number of aromatic nitrogens is 1. The number of hydroxylamine groups is 1. The summed E-state index contributed by atoms with van der Waals surface area (Å²) in [6.45, 7) is 2.07. The summed E-state index contributed by atoms with van der Waals surface area (Å²) in [5, 5.41) is 8.54. The Balaban J connectivity index is 1.76. The lowest BCUT2D eigenvalue weighted by Gasteiger charge is -2.32. The number of hydrogen-bond acceptors (Lipinski definition) is 5. The first kappa shape index (κ1) is 11.4. The molecule has 3 heterocycles. The molecule has 2 bridgehead atoms. The van der Waals surface area contributed by atoms with E-state index in [2.05, 4.69) is 21.8 Å². The second kappa shape index (κ2) is 4.22. The highest BCUT2D eigenvalue weighted by Crippen LogP contribution is 2.32. The van der Waals surface area contributed by atoms with Gasteiger partial charge in [0.05, 0.1) is 5.56 Å². The van der Waals surface area contributed by atoms with Crippen LogP contribution < -0.4 is 10.4 Å². The number of hydrogen-bond donors (Lipinski definition) is 2. The van der Waals surface area contributed by atoms with Gasteiger partial charge in [-0.25, -0.2) is 10.5 Å². The highest BCUT2D eigenvalue weighted by Gasteiger charge is 2.41. The first-order valence-electron chi connectivity index (χ1n) is 6.06. The maximum Gasteiger partial charge on any atom is 0.276 e. The van der Waals surface area contributed by atoms with Crippen LogP contribution >= 0.6 is 0 Å². The number of pyridine rings is 1. The van der Waals surface area contributed by atoms with E-state index in [-0.39, 0.29) is 0 Å². The molecule has 18 heavy (non-hydrogen) atoms. The van der Waals surface area contributed by atoms with Crippen molar-refractivity contribution < 1.29 is 10.0 Å². The van der Waals surface area contributed by atoms with E-state index >= 15 is 0 Å². The van der Waals surface area contributed by atoms with Crippen LogP contribution in [0.15, 0.2) is 18.3 Å². The number of fused-ring (bicyclic) bond motifs is 2. The Morgan fingerprint density at radius 1 is 1.44 bits per heavy atom. The monoisotopic (exact) mass is 248 g/mol. The summed E-state index contributed by atoms with van der Waals surface area (Å²) < 4.78 is 0. The van der Waals surface area contributed by atoms with Crippen LogP contribution in [-0.2, 0) is 0 Å². The van der Waals surface area contributed by atoms with Crippen LogP contribution in [0.3, 0.4) is 0 Å². The predicted molar refractivity (Wildman–Crippen MR) is 65.7 cm³/mol. The zero-order valence-corrected chi connectivity index (χ0v) is 10.2. The smallest absolute Gasteiger partial charge is 0.276 e. The number of piperazine rings is 1. The molecule has 0 aliphatic carbocycles. The molecule has 2 aliphatic heterocycles. The van der Waals surface area contributed by atoms with Gasteiger partial charge in [-0.15, -0.1) is 0 Å². The Bertz CT molecular complexity index is 460. The molecule has 2 N–H and O–H groups in total. The number of carbonyl (C=O) groups excluding carboxylic acids is 1. The zero-order chi connectivity index (χ0) is 12.7. The Labute approximate surface area is 105 Å². The van der Waals surface area contributed by atoms with Crippen LogP contribution in [0.25, 0.3) is 0 Å². The van der Waals surface area contributed by atoms with Crippen molar-refractivity contribution in [3.05, 3.63) is 23.9 Å². The van der Waals surface area contributed by atoms with Crippen LogP contribution in [0.5, 0.6) is 0 Å². The van der Waals surface area contributed by atoms with Gasteiger partial charge in [0.1, 0.15) is 5.82 Å². The number of likely N-dealkylation sites (N-methyl/N-ethyl adjacent to an activating group) is 1. The Hall–Kier alpha value is -1.66. The molecule has 0 saturated carbocycles. The molecule has 2 aliphatic rings. The van der Waals surface area contributed by atoms with Gasteiger partial charge in [-0.05, 0) is 25.6 Å². The van der Waals surface area contributed by atoms with E-state index < -0.39 is 5.91 Å². The molecular formula is C12H16N4O2. The average Bonchev–Trinajstić information content (AvgIpc) is 2.97. The van der Waals surface area contributed by atoms with Crippen LogP contribution in [0.1, 0.15) is 16.8 Å². The molecule has 1 aromatic rings. The summed E-state index contributed by atoms with van der Waals surface area (Å²) in [6, 6.07) is 4.68. The molecule has 2 atom stereocenters. The molecule has 6 heteroatoms. The number of rotatable bonds is 2. The lowest BCUT2D eigenvalue weighted by atomic mass is 10.2. The molecule has 1 amide bonds. The number of nitrogens with one attached hydrogen (secondary N) is 1. The Kier molecular flexibility index (Phi) is 2.68. The quantitative estimate of drug-likeness (QED) is 0.573. The summed E-state index contributed by atoms with van der Waals surface area (Å²) in [5.41, 5.74) is 1.97. The Morgan fingerprint density at radius 2 is 2.28 bits per heavy atom. The number of anilines is 1. The van der Waals surface area contributed by atoms with Crippen molar-refractivity contribution in [2.75, 3.05) is 25.0 Å². The SMILES string of the molecule is CN1CC2CC1CN2c1ccc(C(=O)NO)cn1. The van der Waals surface area contributed by atoms with Gasteiger partial charge in [0, 0.05) is 31.4 Å². The number of carbonyl (C=O) groups is 1. The standard InChI is InChI=1S/C12H16N4O2/c1-15-6-10-4-9(15)7-16(10)11-3-2-8(5-13-11)12(17)14-18/h2-3,5,9-10,18H,4,6-7H2,1H3,(H,14,17). The first-order valence-corrected chi connectivity index (χ1v) is 6.06. The van der Waals surface area contributed by atoms with Crippen LogP contribution in [0, 0.1) is 0 Å². The summed E-state index contributed by atoms with van der Waals surface area (Å²) in [7, 11) is 2.16. The predicted octanol–water partition coefficient (Wildman–Crippen LogP) is 0.0933. The molecule has 2 saturated heterocycles. The van der Waals surface area contributed by atoms with Gasteiger partial charge in [0.25, 0.3) is 5.91 Å². The fourth-order valence-electron chi connectivity index (χ4n) is 2.90. The van der Waals surface area contributed by atoms with E-state index in [1.807, 2.05) is 6.07 Å². The van der Waals surface area contributed by atoms with Crippen molar-refractivity contribution in [3.63, 3.8) is 0 Å². The third-order valence-electron chi connectivity index (χ3n) is 3.92. The highest BCUT2D eigenvalue weighted by atomic mass is 16.5. The van der Waals surface area contributed by atoms with E-state index in [0.717, 1.165) is 18.9 Å². The van der Waals surface area contributed by atoms with Crippen LogP contribution in [0.2, 0.25) is 0 Å². The minimum absolute atomic E-state index is 0.364. The average molecular weight is 248 g/mol.